The molecule has 0 N–H and O–H groups in total. The Morgan fingerprint density at radius 3 is 2.65 bits per heavy atom. The van der Waals surface area contributed by atoms with Crippen molar-refractivity contribution in [1.29, 1.82) is 0 Å². The molecule has 1 aliphatic heterocycles. The van der Waals surface area contributed by atoms with Crippen LogP contribution in [0.4, 0.5) is 0 Å². The van der Waals surface area contributed by atoms with Gasteiger partial charge in [0.1, 0.15) is 0 Å². The molecule has 7 nitrogen and oxygen atoms in total. The molecule has 7 heteroatoms. The van der Waals surface area contributed by atoms with Crippen LogP contribution in [0.5, 0.6) is 0 Å². The van der Waals surface area contributed by atoms with E-state index in [0.717, 1.165) is 41.5 Å². The molecule has 5 rings (SSSR count). The highest BCUT2D eigenvalue weighted by Crippen LogP contribution is 2.37. The van der Waals surface area contributed by atoms with Crippen LogP contribution in [-0.2, 0) is 20.9 Å². The van der Waals surface area contributed by atoms with E-state index in [4.69, 9.17) is 4.74 Å². The van der Waals surface area contributed by atoms with E-state index in [1.54, 1.807) is 12.3 Å². The molecule has 3 aliphatic rings. The first-order valence-corrected chi connectivity index (χ1v) is 10.1. The van der Waals surface area contributed by atoms with Gasteiger partial charge in [0.15, 0.2) is 6.29 Å². The van der Waals surface area contributed by atoms with Crippen LogP contribution >= 0.6 is 0 Å². The number of hydrogen-bond acceptors (Lipinski definition) is 4. The molecule has 1 aromatic carbocycles. The third-order valence-electron chi connectivity index (χ3n) is 5.71. The van der Waals surface area contributed by atoms with Crippen molar-refractivity contribution in [2.75, 3.05) is 0 Å². The van der Waals surface area contributed by atoms with Crippen LogP contribution in [-0.4, -0.2) is 40.2 Å². The summed E-state index contributed by atoms with van der Waals surface area (Å²) in [5.74, 6) is -1.69. The van der Waals surface area contributed by atoms with Gasteiger partial charge in [-0.05, 0) is 36.1 Å². The Hall–Kier alpha value is -3.71. The molecule has 2 heterocycles. The molecule has 0 radical (unpaired) electrons. The van der Waals surface area contributed by atoms with Crippen molar-refractivity contribution < 1.29 is 19.1 Å². The molecule has 0 saturated carbocycles. The minimum absolute atomic E-state index is 0.248. The molecule has 1 atom stereocenters. The average molecular weight is 413 g/mol. The van der Waals surface area contributed by atoms with Crippen LogP contribution in [0.25, 0.3) is 5.70 Å². The van der Waals surface area contributed by atoms with E-state index in [2.05, 4.69) is 9.98 Å². The number of amides is 2. The number of carbonyl (C=O) groups is 3. The van der Waals surface area contributed by atoms with Gasteiger partial charge in [0.25, 0.3) is 0 Å². The van der Waals surface area contributed by atoms with Crippen molar-refractivity contribution in [3.05, 3.63) is 77.1 Å². The van der Waals surface area contributed by atoms with Gasteiger partial charge in [-0.25, -0.2) is 9.98 Å². The van der Waals surface area contributed by atoms with E-state index in [-0.39, 0.29) is 6.10 Å². The number of allylic oxidation sites excluding steroid dienone is 3. The molecule has 1 aromatic heterocycles. The number of benzene rings is 1. The second kappa shape index (κ2) is 7.85. The summed E-state index contributed by atoms with van der Waals surface area (Å²) < 4.78 is 8.14. The maximum Gasteiger partial charge on any atom is 0.338 e. The number of rotatable bonds is 5. The van der Waals surface area contributed by atoms with Gasteiger partial charge in [0.2, 0.25) is 0 Å². The van der Waals surface area contributed by atoms with Gasteiger partial charge in [0.05, 0.1) is 24.1 Å². The lowest BCUT2D eigenvalue weighted by atomic mass is 9.80. The number of fused-ring (bicyclic) bond motifs is 2. The third-order valence-corrected chi connectivity index (χ3v) is 5.71. The molecular weight excluding hydrogens is 394 g/mol. The first kappa shape index (κ1) is 19.3. The van der Waals surface area contributed by atoms with E-state index < -0.39 is 11.8 Å². The summed E-state index contributed by atoms with van der Waals surface area (Å²) in [6, 6.07) is 11.6. The fraction of sp³-hybridized carbons (Fsp3) is 0.208. The number of aliphatic imine (C=N–C) groups is 2. The van der Waals surface area contributed by atoms with Crippen LogP contribution < -0.4 is 0 Å². The topological polar surface area (TPSA) is 90.1 Å². The number of ether oxygens (including phenoxy) is 1. The first-order chi connectivity index (χ1) is 15.1. The van der Waals surface area contributed by atoms with Gasteiger partial charge >= 0.3 is 11.8 Å². The molecule has 0 bridgehead atoms. The molecule has 0 saturated heterocycles. The lowest BCUT2D eigenvalue weighted by Crippen LogP contribution is -2.38. The summed E-state index contributed by atoms with van der Waals surface area (Å²) >= 11 is 0. The van der Waals surface area contributed by atoms with Gasteiger partial charge < -0.3 is 9.30 Å². The fourth-order valence-electron chi connectivity index (χ4n) is 4.17. The van der Waals surface area contributed by atoms with E-state index >= 15 is 0 Å². The van der Waals surface area contributed by atoms with E-state index in [1.807, 2.05) is 47.2 Å². The van der Waals surface area contributed by atoms with Gasteiger partial charge in [-0.15, -0.1) is 0 Å². The summed E-state index contributed by atoms with van der Waals surface area (Å²) in [5.41, 5.74) is 5.41. The highest BCUT2D eigenvalue weighted by atomic mass is 16.5. The summed E-state index contributed by atoms with van der Waals surface area (Å²) in [4.78, 5) is 42.9. The molecule has 2 amide bonds. The fourth-order valence-corrected chi connectivity index (χ4v) is 4.17. The standard InChI is InChI=1S/C24H19N3O4/c28-13-16-8-9-27(12-16)17-6-7-18-19(10-17)22-20(25-23(29)24(30)26-22)11-21(18)31-14-15-4-2-1-3-5-15/h1-5,8-10,12-13,21H,6-7,11,14H2. The molecule has 154 valence electrons. The van der Waals surface area contributed by atoms with Gasteiger partial charge in [-0.1, -0.05) is 30.3 Å². The summed E-state index contributed by atoms with van der Waals surface area (Å²) in [6.45, 7) is 0.436. The summed E-state index contributed by atoms with van der Waals surface area (Å²) in [7, 11) is 0. The quantitative estimate of drug-likeness (QED) is 0.556. The van der Waals surface area contributed by atoms with Crippen LogP contribution in [0.3, 0.4) is 0 Å². The monoisotopic (exact) mass is 413 g/mol. The molecule has 1 unspecified atom stereocenters. The van der Waals surface area contributed by atoms with Gasteiger partial charge in [-0.3, -0.25) is 14.4 Å². The van der Waals surface area contributed by atoms with Crippen molar-refractivity contribution in [2.24, 2.45) is 9.98 Å². The van der Waals surface area contributed by atoms with Crippen molar-refractivity contribution in [2.45, 2.75) is 32.0 Å². The first-order valence-electron chi connectivity index (χ1n) is 10.1. The van der Waals surface area contributed by atoms with Crippen molar-refractivity contribution >= 4 is 35.2 Å². The van der Waals surface area contributed by atoms with E-state index in [9.17, 15) is 14.4 Å². The molecular formula is C24H19N3O4. The predicted molar refractivity (Wildman–Crippen MR) is 115 cm³/mol. The maximum absolute atomic E-state index is 11.9. The molecule has 0 spiro atoms. The third kappa shape index (κ3) is 3.64. The van der Waals surface area contributed by atoms with Crippen LogP contribution in [0, 0.1) is 0 Å². The highest BCUT2D eigenvalue weighted by molar-refractivity contribution is 6.59. The van der Waals surface area contributed by atoms with Crippen molar-refractivity contribution in [1.82, 2.24) is 4.57 Å². The second-order valence-electron chi connectivity index (χ2n) is 7.66. The number of hydrogen-bond donors (Lipinski definition) is 0. The van der Waals surface area contributed by atoms with E-state index in [1.165, 1.54) is 0 Å². The highest BCUT2D eigenvalue weighted by Gasteiger charge is 2.37. The van der Waals surface area contributed by atoms with Gasteiger partial charge in [-0.2, -0.15) is 0 Å². The minimum Gasteiger partial charge on any atom is -0.369 e. The summed E-state index contributed by atoms with van der Waals surface area (Å²) in [6.07, 6.45) is 8.00. The SMILES string of the molecule is O=Cc1ccn(C2=CC3=C(CC2)C(OCc2ccccc2)CC2=NC(=O)C(=O)N=C23)c1. The zero-order chi connectivity index (χ0) is 21.4. The maximum atomic E-state index is 11.9. The Morgan fingerprint density at radius 1 is 1.06 bits per heavy atom. The molecule has 0 fully saturated rings. The van der Waals surface area contributed by atoms with E-state index in [0.29, 0.717) is 30.0 Å². The molecule has 2 aliphatic carbocycles. The lowest BCUT2D eigenvalue weighted by Gasteiger charge is -2.33. The average Bonchev–Trinajstić information content (AvgIpc) is 3.28. The zero-order valence-electron chi connectivity index (χ0n) is 16.7. The number of carbonyl (C=O) groups excluding carboxylic acids is 3. The number of aromatic nitrogens is 1. The van der Waals surface area contributed by atoms with Crippen molar-refractivity contribution in [3.8, 4) is 0 Å². The van der Waals surface area contributed by atoms with Crippen LogP contribution in [0.15, 0.2) is 76.0 Å². The Labute approximate surface area is 178 Å². The summed E-state index contributed by atoms with van der Waals surface area (Å²) in [5, 5.41) is 0. The van der Waals surface area contributed by atoms with Crippen LogP contribution in [0.1, 0.15) is 35.2 Å². The number of aldehydes is 1. The number of nitrogens with zero attached hydrogens (tertiary/aromatic N) is 3. The Bertz CT molecular complexity index is 1210. The van der Waals surface area contributed by atoms with Gasteiger partial charge in [0, 0.05) is 35.6 Å². The Kier molecular flexibility index (Phi) is 4.88. The molecule has 31 heavy (non-hydrogen) atoms. The molecule has 2 aromatic rings. The predicted octanol–water partition coefficient (Wildman–Crippen LogP) is 3.17. The zero-order valence-corrected chi connectivity index (χ0v) is 16.7. The van der Waals surface area contributed by atoms with Crippen molar-refractivity contribution in [3.63, 3.8) is 0 Å². The smallest absolute Gasteiger partial charge is 0.338 e. The largest absolute Gasteiger partial charge is 0.369 e. The second-order valence-corrected chi connectivity index (χ2v) is 7.66. The normalized spacial score (nSPS) is 20.5. The van der Waals surface area contributed by atoms with Crippen LogP contribution in [0.2, 0.25) is 0 Å². The Morgan fingerprint density at radius 2 is 1.87 bits per heavy atom. The lowest BCUT2D eigenvalue weighted by molar-refractivity contribution is -0.135. The minimum atomic E-state index is -0.848. The Balaban J connectivity index is 1.53.